The van der Waals surface area contributed by atoms with Crippen molar-refractivity contribution in [1.82, 2.24) is 0 Å². The maximum Gasteiger partial charge on any atom is 0.337 e. The highest BCUT2D eigenvalue weighted by atomic mass is 16.7. The molecule has 1 N–H and O–H groups in total. The van der Waals surface area contributed by atoms with Gasteiger partial charge in [-0.3, -0.25) is 0 Å². The monoisotopic (exact) mass is 360 g/mol. The minimum atomic E-state index is -0.509. The second-order valence-corrected chi connectivity index (χ2v) is 7.96. The van der Waals surface area contributed by atoms with Crippen molar-refractivity contribution in [2.45, 2.75) is 56.3 Å². The van der Waals surface area contributed by atoms with Crippen LogP contribution in [0.4, 0.5) is 0 Å². The Morgan fingerprint density at radius 1 is 1.23 bits per heavy atom. The topological polar surface area (TPSA) is 65.0 Å². The lowest BCUT2D eigenvalue weighted by molar-refractivity contribution is -0.246. The second kappa shape index (κ2) is 6.63. The van der Waals surface area contributed by atoms with Crippen LogP contribution < -0.4 is 0 Å². The molecule has 0 radical (unpaired) electrons. The van der Waals surface area contributed by atoms with Gasteiger partial charge in [-0.1, -0.05) is 25.5 Å². The Bertz CT molecular complexity index is 681. The first-order chi connectivity index (χ1) is 12.5. The molecule has 26 heavy (non-hydrogen) atoms. The predicted octanol–water partition coefficient (Wildman–Crippen LogP) is 3.05. The number of aliphatic hydroxyl groups excluding tert-OH is 1. The number of carbonyl (C=O) groups is 1. The van der Waals surface area contributed by atoms with Crippen molar-refractivity contribution in [1.29, 1.82) is 0 Å². The quantitative estimate of drug-likeness (QED) is 0.821. The van der Waals surface area contributed by atoms with Crippen molar-refractivity contribution in [2.24, 2.45) is 11.8 Å². The third-order valence-corrected chi connectivity index (χ3v) is 7.03. The smallest absolute Gasteiger partial charge is 0.337 e. The number of benzene rings is 1. The standard InChI is InChI=1S/C21H28O5/c1-14-17-7-4-8-18(22)20(17,9-10-21(14)25-11-12-26-21)16-6-3-5-15(13-16)19(23)24-2/h3,5-6,13-14,17-18,22H,4,7-12H2,1-2H3/t14-,17-,18-,20+/m0/s1. The molecule has 1 saturated heterocycles. The van der Waals surface area contributed by atoms with Gasteiger partial charge in [-0.15, -0.1) is 0 Å². The molecule has 2 aliphatic carbocycles. The van der Waals surface area contributed by atoms with Crippen molar-refractivity contribution in [3.8, 4) is 0 Å². The van der Waals surface area contributed by atoms with E-state index in [9.17, 15) is 9.90 Å². The van der Waals surface area contributed by atoms with Crippen molar-refractivity contribution < 1.29 is 24.1 Å². The molecule has 1 aliphatic heterocycles. The molecular formula is C21H28O5. The van der Waals surface area contributed by atoms with Gasteiger partial charge in [0.1, 0.15) is 0 Å². The molecule has 1 spiro atoms. The summed E-state index contributed by atoms with van der Waals surface area (Å²) < 4.78 is 17.0. The molecule has 142 valence electrons. The summed E-state index contributed by atoms with van der Waals surface area (Å²) in [7, 11) is 1.40. The third kappa shape index (κ3) is 2.52. The Kier molecular flexibility index (Phi) is 4.58. The lowest BCUT2D eigenvalue weighted by atomic mass is 9.51. The molecule has 1 aromatic carbocycles. The number of carbonyl (C=O) groups excluding carboxylic acids is 1. The van der Waals surface area contributed by atoms with E-state index in [0.29, 0.717) is 18.8 Å². The van der Waals surface area contributed by atoms with Gasteiger partial charge in [0.05, 0.1) is 32.0 Å². The molecule has 0 amide bonds. The number of ether oxygens (including phenoxy) is 3. The van der Waals surface area contributed by atoms with E-state index in [2.05, 4.69) is 13.0 Å². The lowest BCUT2D eigenvalue weighted by Crippen LogP contribution is -2.60. The highest BCUT2D eigenvalue weighted by molar-refractivity contribution is 5.89. The summed E-state index contributed by atoms with van der Waals surface area (Å²) in [5, 5.41) is 11.1. The normalized spacial score (nSPS) is 35.9. The first kappa shape index (κ1) is 18.0. The van der Waals surface area contributed by atoms with Crippen LogP contribution in [-0.4, -0.2) is 43.3 Å². The predicted molar refractivity (Wildman–Crippen MR) is 95.8 cm³/mol. The average Bonchev–Trinajstić information content (AvgIpc) is 3.15. The molecule has 1 aromatic rings. The molecule has 3 fully saturated rings. The molecular weight excluding hydrogens is 332 g/mol. The van der Waals surface area contributed by atoms with E-state index in [0.717, 1.165) is 37.7 Å². The highest BCUT2D eigenvalue weighted by Crippen LogP contribution is 2.58. The zero-order valence-electron chi connectivity index (χ0n) is 15.6. The Morgan fingerprint density at radius 2 is 2.00 bits per heavy atom. The van der Waals surface area contributed by atoms with E-state index in [-0.39, 0.29) is 23.2 Å². The van der Waals surface area contributed by atoms with Crippen molar-refractivity contribution in [3.63, 3.8) is 0 Å². The van der Waals surface area contributed by atoms with Crippen molar-refractivity contribution in [3.05, 3.63) is 35.4 Å². The second-order valence-electron chi connectivity index (χ2n) is 7.96. The zero-order valence-corrected chi connectivity index (χ0v) is 15.6. The SMILES string of the molecule is COC(=O)c1cccc([C@]23CCC4(OCCO4)[C@@H](C)[C@@H]2CCC[C@@H]3O)c1. The average molecular weight is 360 g/mol. The maximum atomic E-state index is 12.0. The van der Waals surface area contributed by atoms with Crippen LogP contribution in [0.5, 0.6) is 0 Å². The first-order valence-electron chi connectivity index (χ1n) is 9.68. The third-order valence-electron chi connectivity index (χ3n) is 7.03. The van der Waals surface area contributed by atoms with Crippen molar-refractivity contribution in [2.75, 3.05) is 20.3 Å². The Morgan fingerprint density at radius 3 is 2.73 bits per heavy atom. The summed E-state index contributed by atoms with van der Waals surface area (Å²) in [5.74, 6) is -0.403. The minimum Gasteiger partial charge on any atom is -0.465 e. The van der Waals surface area contributed by atoms with Gasteiger partial charge in [0.2, 0.25) is 0 Å². The molecule has 5 nitrogen and oxygen atoms in total. The summed E-state index contributed by atoms with van der Waals surface area (Å²) >= 11 is 0. The van der Waals surface area contributed by atoms with E-state index in [1.807, 2.05) is 12.1 Å². The molecule has 0 aromatic heterocycles. The number of esters is 1. The van der Waals surface area contributed by atoms with Crippen LogP contribution in [-0.2, 0) is 19.6 Å². The number of aliphatic hydroxyl groups is 1. The number of fused-ring (bicyclic) bond motifs is 1. The molecule has 3 aliphatic rings. The van der Waals surface area contributed by atoms with Crippen LogP contribution >= 0.6 is 0 Å². The summed E-state index contributed by atoms with van der Waals surface area (Å²) in [5.41, 5.74) is 1.22. The van der Waals surface area contributed by atoms with Crippen LogP contribution in [0.2, 0.25) is 0 Å². The molecule has 0 unspecified atom stereocenters. The van der Waals surface area contributed by atoms with Crippen LogP contribution in [0.25, 0.3) is 0 Å². The van der Waals surface area contributed by atoms with E-state index >= 15 is 0 Å². The van der Waals surface area contributed by atoms with E-state index < -0.39 is 11.9 Å². The first-order valence-corrected chi connectivity index (χ1v) is 9.68. The molecule has 1 heterocycles. The number of methoxy groups -OCH3 is 1. The summed E-state index contributed by atoms with van der Waals surface area (Å²) in [4.78, 5) is 12.0. The minimum absolute atomic E-state index is 0.190. The van der Waals surface area contributed by atoms with Crippen LogP contribution in [0, 0.1) is 11.8 Å². The van der Waals surface area contributed by atoms with Gasteiger partial charge < -0.3 is 19.3 Å². The van der Waals surface area contributed by atoms with Gasteiger partial charge in [0.25, 0.3) is 0 Å². The van der Waals surface area contributed by atoms with Gasteiger partial charge in [-0.25, -0.2) is 4.79 Å². The van der Waals surface area contributed by atoms with E-state index in [1.54, 1.807) is 6.07 Å². The summed E-state index contributed by atoms with van der Waals surface area (Å²) in [6, 6.07) is 7.63. The number of hydrogen-bond acceptors (Lipinski definition) is 5. The molecule has 2 saturated carbocycles. The number of rotatable bonds is 2. The molecule has 5 heteroatoms. The largest absolute Gasteiger partial charge is 0.465 e. The lowest BCUT2D eigenvalue weighted by Gasteiger charge is -2.57. The van der Waals surface area contributed by atoms with Gasteiger partial charge >= 0.3 is 5.97 Å². The van der Waals surface area contributed by atoms with Crippen LogP contribution in [0.15, 0.2) is 24.3 Å². The van der Waals surface area contributed by atoms with Gasteiger partial charge in [0.15, 0.2) is 5.79 Å². The fourth-order valence-electron chi connectivity index (χ4n) is 5.74. The summed E-state index contributed by atoms with van der Waals surface area (Å²) in [6.45, 7) is 3.49. The van der Waals surface area contributed by atoms with Crippen LogP contribution in [0.3, 0.4) is 0 Å². The van der Waals surface area contributed by atoms with Gasteiger partial charge in [0, 0.05) is 17.8 Å². The van der Waals surface area contributed by atoms with Gasteiger partial charge in [-0.2, -0.15) is 0 Å². The zero-order chi connectivity index (χ0) is 18.4. The fraction of sp³-hybridized carbons (Fsp3) is 0.667. The van der Waals surface area contributed by atoms with Crippen LogP contribution in [0.1, 0.15) is 54.9 Å². The highest BCUT2D eigenvalue weighted by Gasteiger charge is 2.60. The summed E-state index contributed by atoms with van der Waals surface area (Å²) in [6.07, 6.45) is 3.98. The number of hydrogen-bond donors (Lipinski definition) is 1. The maximum absolute atomic E-state index is 12.0. The van der Waals surface area contributed by atoms with E-state index in [4.69, 9.17) is 14.2 Å². The molecule has 0 bridgehead atoms. The van der Waals surface area contributed by atoms with E-state index in [1.165, 1.54) is 7.11 Å². The molecule has 4 rings (SSSR count). The molecule has 4 atom stereocenters. The fourth-order valence-corrected chi connectivity index (χ4v) is 5.74. The Hall–Kier alpha value is -1.43. The van der Waals surface area contributed by atoms with Crippen molar-refractivity contribution >= 4 is 5.97 Å². The Labute approximate surface area is 154 Å². The van der Waals surface area contributed by atoms with Gasteiger partial charge in [-0.05, 0) is 42.9 Å². The Balaban J connectivity index is 1.77.